The van der Waals surface area contributed by atoms with Crippen LogP contribution in [-0.4, -0.2) is 27.1 Å². The van der Waals surface area contributed by atoms with Crippen LogP contribution in [0.1, 0.15) is 34.1 Å². The van der Waals surface area contributed by atoms with Gasteiger partial charge in [-0.3, -0.25) is 19.2 Å². The molecule has 0 spiro atoms. The van der Waals surface area contributed by atoms with Crippen molar-refractivity contribution in [1.29, 1.82) is 0 Å². The molecular weight excluding hydrogens is 480 g/mol. The van der Waals surface area contributed by atoms with E-state index in [1.807, 2.05) is 61.7 Å². The average molecular weight is 505 g/mol. The maximum Gasteiger partial charge on any atom is 0.277 e. The molecule has 1 N–H and O–H groups in total. The molecule has 8 heteroatoms. The number of carbonyl (C=O) groups is 2. The number of rotatable bonds is 5. The van der Waals surface area contributed by atoms with Gasteiger partial charge in [-0.15, -0.1) is 11.3 Å². The second kappa shape index (κ2) is 8.98. The van der Waals surface area contributed by atoms with E-state index in [0.29, 0.717) is 28.6 Å². The molecule has 1 atom stereocenters. The molecule has 6 nitrogen and oxygen atoms in total. The lowest BCUT2D eigenvalue weighted by molar-refractivity contribution is -0.126. The van der Waals surface area contributed by atoms with E-state index in [-0.39, 0.29) is 18.4 Å². The van der Waals surface area contributed by atoms with E-state index in [4.69, 9.17) is 11.6 Å². The molecule has 0 aliphatic carbocycles. The zero-order valence-corrected chi connectivity index (χ0v) is 21.3. The predicted molar refractivity (Wildman–Crippen MR) is 140 cm³/mol. The molecule has 35 heavy (non-hydrogen) atoms. The summed E-state index contributed by atoms with van der Waals surface area (Å²) in [6.45, 7) is 6.26. The van der Waals surface area contributed by atoms with Crippen molar-refractivity contribution < 1.29 is 9.59 Å². The molecule has 0 fully saturated rings. The smallest absolute Gasteiger partial charge is 0.277 e. The van der Waals surface area contributed by atoms with Crippen LogP contribution in [0.15, 0.2) is 66.0 Å². The van der Waals surface area contributed by atoms with Gasteiger partial charge in [0, 0.05) is 6.54 Å². The molecule has 0 radical (unpaired) electrons. The molecular formula is C27H25ClN4O2S. The Hall–Kier alpha value is -3.42. The number of amides is 2. The van der Waals surface area contributed by atoms with Crippen molar-refractivity contribution in [2.45, 2.75) is 39.4 Å². The minimum Gasteiger partial charge on any atom is -0.350 e. The Bertz CT molecular complexity index is 1430. The summed E-state index contributed by atoms with van der Waals surface area (Å²) in [6, 6.07) is 19.2. The summed E-state index contributed by atoms with van der Waals surface area (Å²) in [7, 11) is 0. The fourth-order valence-corrected chi connectivity index (χ4v) is 5.49. The van der Waals surface area contributed by atoms with Gasteiger partial charge >= 0.3 is 0 Å². The number of nitrogens with one attached hydrogen (secondary N) is 1. The normalized spacial score (nSPS) is 17.4. The van der Waals surface area contributed by atoms with Gasteiger partial charge in [0.05, 0.1) is 22.1 Å². The van der Waals surface area contributed by atoms with Crippen LogP contribution >= 0.6 is 22.9 Å². The molecule has 5 rings (SSSR count). The molecule has 0 unspecified atom stereocenters. The first kappa shape index (κ1) is 23.3. The van der Waals surface area contributed by atoms with Crippen molar-refractivity contribution in [3.8, 4) is 10.6 Å². The van der Waals surface area contributed by atoms with Crippen molar-refractivity contribution >= 4 is 40.4 Å². The molecule has 2 aromatic carbocycles. The number of aromatic nitrogens is 2. The number of hydrogen-bond donors (Lipinski definition) is 1. The van der Waals surface area contributed by atoms with E-state index in [1.165, 1.54) is 4.90 Å². The summed E-state index contributed by atoms with van der Waals surface area (Å²) >= 11 is 8.17. The number of thiophene rings is 1. The van der Waals surface area contributed by atoms with Crippen LogP contribution in [0, 0.1) is 13.8 Å². The lowest BCUT2D eigenvalue weighted by Gasteiger charge is -2.43. The van der Waals surface area contributed by atoms with E-state index >= 15 is 0 Å². The topological polar surface area (TPSA) is 67.2 Å². The number of nitrogens with zero attached hydrogens (tertiary/aromatic N) is 3. The lowest BCUT2D eigenvalue weighted by Crippen LogP contribution is -2.64. The number of aryl methyl sites for hydroxylation is 2. The fourth-order valence-electron chi connectivity index (χ4n) is 4.49. The molecule has 3 heterocycles. The van der Waals surface area contributed by atoms with Gasteiger partial charge in [-0.25, -0.2) is 0 Å². The minimum atomic E-state index is -1.24. The van der Waals surface area contributed by atoms with Gasteiger partial charge < -0.3 is 5.32 Å². The van der Waals surface area contributed by atoms with Gasteiger partial charge in [-0.2, -0.15) is 5.10 Å². The highest BCUT2D eigenvalue weighted by Crippen LogP contribution is 2.38. The van der Waals surface area contributed by atoms with Crippen LogP contribution in [0.3, 0.4) is 0 Å². The standard InChI is InChI=1S/C27H25ClN4O2S/c1-17-6-4-7-19(12-17)15-29-26(34)27(3)16-31-23(14-21(30-31)24-8-5-11-35-24)25(33)32(27)22-10-9-18(2)13-20(22)28/h4-14H,15-16H2,1-3H3,(H,29,34)/t27-/m0/s1. The first-order chi connectivity index (χ1) is 16.8. The maximum atomic E-state index is 13.9. The third-order valence-electron chi connectivity index (χ3n) is 6.30. The largest absolute Gasteiger partial charge is 0.350 e. The van der Waals surface area contributed by atoms with Crippen LogP contribution < -0.4 is 10.2 Å². The highest BCUT2D eigenvalue weighted by Gasteiger charge is 2.49. The van der Waals surface area contributed by atoms with Crippen LogP contribution in [0.2, 0.25) is 5.02 Å². The number of anilines is 1. The molecule has 1 aliphatic heterocycles. The minimum absolute atomic E-state index is 0.198. The number of benzene rings is 2. The lowest BCUT2D eigenvalue weighted by atomic mass is 9.93. The average Bonchev–Trinajstić information content (AvgIpc) is 3.49. The molecule has 4 aromatic rings. The summed E-state index contributed by atoms with van der Waals surface area (Å²) in [5.41, 5.74) is 3.47. The summed E-state index contributed by atoms with van der Waals surface area (Å²) in [5.74, 6) is -0.590. The molecule has 0 saturated carbocycles. The van der Waals surface area contributed by atoms with Crippen molar-refractivity contribution in [2.75, 3.05) is 4.90 Å². The van der Waals surface area contributed by atoms with Gasteiger partial charge in [0.15, 0.2) is 0 Å². The Morgan fingerprint density at radius 2 is 1.91 bits per heavy atom. The van der Waals surface area contributed by atoms with E-state index in [0.717, 1.165) is 21.6 Å². The predicted octanol–water partition coefficient (Wildman–Crippen LogP) is 5.62. The quantitative estimate of drug-likeness (QED) is 0.383. The summed E-state index contributed by atoms with van der Waals surface area (Å²) in [5, 5.41) is 10.1. The molecule has 178 valence electrons. The monoisotopic (exact) mass is 504 g/mol. The van der Waals surface area contributed by atoms with Crippen LogP contribution in [0.25, 0.3) is 10.6 Å². The number of fused-ring (bicyclic) bond motifs is 1. The fraction of sp³-hybridized carbons (Fsp3) is 0.222. The number of carbonyl (C=O) groups excluding carboxylic acids is 2. The van der Waals surface area contributed by atoms with Crippen LogP contribution in [-0.2, 0) is 17.9 Å². The zero-order chi connectivity index (χ0) is 24.7. The summed E-state index contributed by atoms with van der Waals surface area (Å²) in [6.07, 6.45) is 0. The second-order valence-electron chi connectivity index (χ2n) is 9.09. The van der Waals surface area contributed by atoms with Gasteiger partial charge in [0.2, 0.25) is 5.91 Å². The van der Waals surface area contributed by atoms with E-state index in [9.17, 15) is 9.59 Å². The molecule has 0 bridgehead atoms. The molecule has 0 saturated heterocycles. The van der Waals surface area contributed by atoms with Gasteiger partial charge in [0.25, 0.3) is 5.91 Å². The third-order valence-corrected chi connectivity index (χ3v) is 7.49. The number of hydrogen-bond acceptors (Lipinski definition) is 4. The van der Waals surface area contributed by atoms with Crippen molar-refractivity contribution in [3.05, 3.63) is 93.5 Å². The third kappa shape index (κ3) is 4.26. The molecule has 2 aromatic heterocycles. The van der Waals surface area contributed by atoms with E-state index < -0.39 is 5.54 Å². The first-order valence-corrected chi connectivity index (χ1v) is 12.6. The van der Waals surface area contributed by atoms with E-state index in [2.05, 4.69) is 10.4 Å². The zero-order valence-electron chi connectivity index (χ0n) is 19.7. The Kier molecular flexibility index (Phi) is 5.99. The Balaban J connectivity index is 1.56. The van der Waals surface area contributed by atoms with Crippen molar-refractivity contribution in [2.24, 2.45) is 0 Å². The van der Waals surface area contributed by atoms with Crippen molar-refractivity contribution in [1.82, 2.24) is 15.1 Å². The Morgan fingerprint density at radius 1 is 1.11 bits per heavy atom. The highest BCUT2D eigenvalue weighted by atomic mass is 35.5. The van der Waals surface area contributed by atoms with Crippen LogP contribution in [0.4, 0.5) is 5.69 Å². The summed E-state index contributed by atoms with van der Waals surface area (Å²) in [4.78, 5) is 30.1. The van der Waals surface area contributed by atoms with Crippen LogP contribution in [0.5, 0.6) is 0 Å². The Labute approximate surface area is 213 Å². The molecule has 2 amide bonds. The highest BCUT2D eigenvalue weighted by molar-refractivity contribution is 7.13. The van der Waals surface area contributed by atoms with Gasteiger partial charge in [0.1, 0.15) is 16.9 Å². The number of halogens is 1. The van der Waals surface area contributed by atoms with E-state index in [1.54, 1.807) is 41.1 Å². The van der Waals surface area contributed by atoms with Crippen molar-refractivity contribution in [3.63, 3.8) is 0 Å². The van der Waals surface area contributed by atoms with Gasteiger partial charge in [-0.1, -0.05) is 53.6 Å². The maximum absolute atomic E-state index is 13.9. The second-order valence-corrected chi connectivity index (χ2v) is 10.4. The summed E-state index contributed by atoms with van der Waals surface area (Å²) < 4.78 is 1.64. The SMILES string of the molecule is Cc1cccc(CNC(=O)[C@]2(C)Cn3nc(-c4cccs4)cc3C(=O)N2c2ccc(C)cc2Cl)c1. The molecule has 1 aliphatic rings. The Morgan fingerprint density at radius 3 is 2.63 bits per heavy atom. The van der Waals surface area contributed by atoms with Gasteiger partial charge in [-0.05, 0) is 61.5 Å². The first-order valence-electron chi connectivity index (χ1n) is 11.3.